The lowest BCUT2D eigenvalue weighted by molar-refractivity contribution is -0.384. The van der Waals surface area contributed by atoms with Crippen LogP contribution < -0.4 is 9.80 Å². The smallest absolute Gasteiger partial charge is 0.293 e. The molecule has 2 aliphatic heterocycles. The molecule has 1 saturated heterocycles. The molecule has 0 spiro atoms. The zero-order valence-corrected chi connectivity index (χ0v) is 19.6. The Hall–Kier alpha value is -3.75. The van der Waals surface area contributed by atoms with Gasteiger partial charge in [0.25, 0.3) is 17.5 Å². The highest BCUT2D eigenvalue weighted by Gasteiger charge is 2.40. The minimum absolute atomic E-state index is 0.0220. The van der Waals surface area contributed by atoms with E-state index >= 15 is 0 Å². The number of carbonyl (C=O) groups excluding carboxylic acids is 3. The van der Waals surface area contributed by atoms with Crippen molar-refractivity contribution in [2.24, 2.45) is 5.92 Å². The molecule has 0 aliphatic carbocycles. The quantitative estimate of drug-likeness (QED) is 0.366. The third-order valence-electron chi connectivity index (χ3n) is 6.66. The van der Waals surface area contributed by atoms with E-state index in [-0.39, 0.29) is 34.3 Å². The summed E-state index contributed by atoms with van der Waals surface area (Å²) in [5.74, 6) is -1.32. The lowest BCUT2D eigenvalue weighted by atomic mass is 9.95. The molecule has 2 heterocycles. The molecule has 1 fully saturated rings. The fraction of sp³-hybridized carbons (Fsp3) is 0.400. The molecular formula is C25H28N4O5. The minimum Gasteiger partial charge on any atom is -0.365 e. The molecule has 0 bridgehead atoms. The molecule has 0 radical (unpaired) electrons. The van der Waals surface area contributed by atoms with Crippen molar-refractivity contribution < 1.29 is 19.3 Å². The van der Waals surface area contributed by atoms with Gasteiger partial charge in [0.2, 0.25) is 5.91 Å². The molecule has 9 heteroatoms. The Balaban J connectivity index is 1.70. The number of piperidine rings is 1. The first-order valence-electron chi connectivity index (χ1n) is 11.6. The SMILES string of the molecule is CCN(CC)C(=O)C1CCCN(c2cc3c(cc2[N+](=O)[O-])C(=O)N(c2ccc(C)cc2)C3=O)C1. The zero-order valence-electron chi connectivity index (χ0n) is 19.6. The predicted octanol–water partition coefficient (Wildman–Crippen LogP) is 3.79. The molecule has 1 unspecified atom stereocenters. The van der Waals surface area contributed by atoms with Crippen molar-refractivity contribution in [3.63, 3.8) is 0 Å². The topological polar surface area (TPSA) is 104 Å². The first kappa shape index (κ1) is 23.4. The predicted molar refractivity (Wildman–Crippen MR) is 128 cm³/mol. The maximum absolute atomic E-state index is 13.2. The van der Waals surface area contributed by atoms with Crippen molar-refractivity contribution in [1.82, 2.24) is 4.90 Å². The molecule has 2 aromatic rings. The highest BCUT2D eigenvalue weighted by atomic mass is 16.6. The van der Waals surface area contributed by atoms with Crippen LogP contribution in [0.3, 0.4) is 0 Å². The van der Waals surface area contributed by atoms with Crippen molar-refractivity contribution in [2.75, 3.05) is 36.0 Å². The number of nitrogens with zero attached hydrogens (tertiary/aromatic N) is 4. The van der Waals surface area contributed by atoms with E-state index in [4.69, 9.17) is 0 Å². The summed E-state index contributed by atoms with van der Waals surface area (Å²) >= 11 is 0. The second-order valence-electron chi connectivity index (χ2n) is 8.72. The first-order valence-corrected chi connectivity index (χ1v) is 11.6. The van der Waals surface area contributed by atoms with Gasteiger partial charge in [0.05, 0.1) is 27.7 Å². The van der Waals surface area contributed by atoms with Crippen molar-refractivity contribution in [3.8, 4) is 0 Å². The largest absolute Gasteiger partial charge is 0.365 e. The summed E-state index contributed by atoms with van der Waals surface area (Å²) in [5, 5.41) is 12.0. The van der Waals surface area contributed by atoms with Crippen molar-refractivity contribution in [2.45, 2.75) is 33.6 Å². The monoisotopic (exact) mass is 464 g/mol. The van der Waals surface area contributed by atoms with Gasteiger partial charge >= 0.3 is 0 Å². The molecule has 2 aliphatic rings. The van der Waals surface area contributed by atoms with Gasteiger partial charge in [-0.1, -0.05) is 17.7 Å². The van der Waals surface area contributed by atoms with Gasteiger partial charge in [-0.3, -0.25) is 24.5 Å². The number of hydrogen-bond acceptors (Lipinski definition) is 6. The van der Waals surface area contributed by atoms with Gasteiger partial charge in [0.15, 0.2) is 0 Å². The summed E-state index contributed by atoms with van der Waals surface area (Å²) in [6.07, 6.45) is 1.41. The lowest BCUT2D eigenvalue weighted by Crippen LogP contribution is -2.45. The van der Waals surface area contributed by atoms with Gasteiger partial charge in [-0.25, -0.2) is 4.90 Å². The molecule has 3 amide bonds. The van der Waals surface area contributed by atoms with Crippen LogP contribution in [-0.4, -0.2) is 53.7 Å². The molecule has 9 nitrogen and oxygen atoms in total. The van der Waals surface area contributed by atoms with E-state index in [1.54, 1.807) is 34.1 Å². The molecule has 0 saturated carbocycles. The van der Waals surface area contributed by atoms with E-state index in [0.29, 0.717) is 44.7 Å². The Kier molecular flexibility index (Phi) is 6.37. The summed E-state index contributed by atoms with van der Waals surface area (Å²) in [5.41, 5.74) is 1.60. The van der Waals surface area contributed by atoms with E-state index in [1.807, 2.05) is 20.8 Å². The third kappa shape index (κ3) is 4.02. The highest BCUT2D eigenvalue weighted by molar-refractivity contribution is 6.35. The van der Waals surface area contributed by atoms with Gasteiger partial charge in [0.1, 0.15) is 5.69 Å². The van der Waals surface area contributed by atoms with Crippen molar-refractivity contribution >= 4 is 34.8 Å². The highest BCUT2D eigenvalue weighted by Crippen LogP contribution is 2.38. The van der Waals surface area contributed by atoms with Crippen LogP contribution in [0.2, 0.25) is 0 Å². The minimum atomic E-state index is -0.577. The van der Waals surface area contributed by atoms with Gasteiger partial charge in [-0.05, 0) is 51.8 Å². The second kappa shape index (κ2) is 9.24. The summed E-state index contributed by atoms with van der Waals surface area (Å²) in [7, 11) is 0. The fourth-order valence-corrected chi connectivity index (χ4v) is 4.78. The van der Waals surface area contributed by atoms with Crippen LogP contribution in [0.4, 0.5) is 17.1 Å². The van der Waals surface area contributed by atoms with Crippen LogP contribution in [0, 0.1) is 23.0 Å². The standard InChI is InChI=1S/C25H28N4O5/c1-4-26(5-2)23(30)17-7-6-12-27(15-17)21-13-19-20(14-22(21)29(33)34)25(32)28(24(19)31)18-10-8-16(3)9-11-18/h8-11,13-14,17H,4-7,12,15H2,1-3H3. The van der Waals surface area contributed by atoms with E-state index in [1.165, 1.54) is 12.1 Å². The van der Waals surface area contributed by atoms with Crippen LogP contribution in [0.1, 0.15) is 53.0 Å². The van der Waals surface area contributed by atoms with Crippen LogP contribution in [0.15, 0.2) is 36.4 Å². The van der Waals surface area contributed by atoms with E-state index < -0.39 is 16.7 Å². The van der Waals surface area contributed by atoms with E-state index in [9.17, 15) is 24.5 Å². The molecule has 1 atom stereocenters. The van der Waals surface area contributed by atoms with Crippen molar-refractivity contribution in [3.05, 3.63) is 63.2 Å². The number of imide groups is 1. The van der Waals surface area contributed by atoms with Crippen molar-refractivity contribution in [1.29, 1.82) is 0 Å². The summed E-state index contributed by atoms with van der Waals surface area (Å²) in [6.45, 7) is 7.83. The number of rotatable bonds is 6. The molecule has 0 aromatic heterocycles. The summed E-state index contributed by atoms with van der Waals surface area (Å²) in [6, 6.07) is 9.61. The zero-order chi connectivity index (χ0) is 24.6. The van der Waals surface area contributed by atoms with Gasteiger partial charge in [-0.15, -0.1) is 0 Å². The fourth-order valence-electron chi connectivity index (χ4n) is 4.78. The molecule has 4 rings (SSSR count). The number of anilines is 2. The first-order chi connectivity index (χ1) is 16.3. The molecule has 0 N–H and O–H groups in total. The second-order valence-corrected chi connectivity index (χ2v) is 8.72. The van der Waals surface area contributed by atoms with Gasteiger partial charge in [-0.2, -0.15) is 0 Å². The number of hydrogen-bond donors (Lipinski definition) is 0. The molecule has 34 heavy (non-hydrogen) atoms. The number of carbonyl (C=O) groups is 3. The van der Waals surface area contributed by atoms with Crippen LogP contribution in [0.25, 0.3) is 0 Å². The normalized spacial score (nSPS) is 17.7. The Labute approximate surface area is 198 Å². The molecular weight excluding hydrogens is 436 g/mol. The average molecular weight is 465 g/mol. The molecule has 178 valence electrons. The summed E-state index contributed by atoms with van der Waals surface area (Å²) in [4.78, 5) is 55.2. The Morgan fingerprint density at radius 2 is 1.71 bits per heavy atom. The number of fused-ring (bicyclic) bond motifs is 1. The maximum Gasteiger partial charge on any atom is 0.293 e. The summed E-state index contributed by atoms with van der Waals surface area (Å²) < 4.78 is 0. The Morgan fingerprint density at radius 3 is 2.29 bits per heavy atom. The van der Waals surface area contributed by atoms with E-state index in [0.717, 1.165) is 10.5 Å². The van der Waals surface area contributed by atoms with E-state index in [2.05, 4.69) is 0 Å². The number of nitro groups is 1. The maximum atomic E-state index is 13.2. The Morgan fingerprint density at radius 1 is 1.09 bits per heavy atom. The Bertz CT molecular complexity index is 1160. The number of amides is 3. The lowest BCUT2D eigenvalue weighted by Gasteiger charge is -2.35. The number of benzene rings is 2. The third-order valence-corrected chi connectivity index (χ3v) is 6.66. The van der Waals surface area contributed by atoms with Gasteiger partial charge < -0.3 is 9.80 Å². The van der Waals surface area contributed by atoms with Crippen LogP contribution >= 0.6 is 0 Å². The van der Waals surface area contributed by atoms with Crippen LogP contribution in [-0.2, 0) is 4.79 Å². The van der Waals surface area contributed by atoms with Gasteiger partial charge in [0, 0.05) is 32.2 Å². The average Bonchev–Trinajstić information content (AvgIpc) is 3.09. The van der Waals surface area contributed by atoms with Crippen LogP contribution in [0.5, 0.6) is 0 Å². The number of nitro benzene ring substituents is 1. The number of aryl methyl sites for hydroxylation is 1. The molecule has 2 aromatic carbocycles.